The highest BCUT2D eigenvalue weighted by Crippen LogP contribution is 2.17. The quantitative estimate of drug-likeness (QED) is 0.650. The molecule has 1 aliphatic rings. The second-order valence-electron chi connectivity index (χ2n) is 7.71. The van der Waals surface area contributed by atoms with E-state index < -0.39 is 0 Å². The van der Waals surface area contributed by atoms with E-state index in [1.807, 2.05) is 44.5 Å². The molecule has 1 fully saturated rings. The van der Waals surface area contributed by atoms with E-state index in [-0.39, 0.29) is 23.9 Å². The Balaban J connectivity index is 0.00000320. The number of halogens is 1. The van der Waals surface area contributed by atoms with Crippen molar-refractivity contribution in [3.05, 3.63) is 63.6 Å². The number of thioether (sulfide) groups is 1. The zero-order valence-electron chi connectivity index (χ0n) is 18.0. The molecule has 0 bridgehead atoms. The predicted molar refractivity (Wildman–Crippen MR) is 127 cm³/mol. The maximum absolute atomic E-state index is 13.3. The fourth-order valence-electron chi connectivity index (χ4n) is 3.86. The van der Waals surface area contributed by atoms with Crippen molar-refractivity contribution in [3.63, 3.8) is 0 Å². The van der Waals surface area contributed by atoms with E-state index in [4.69, 9.17) is 0 Å². The number of pyridine rings is 1. The molecule has 0 spiro atoms. The van der Waals surface area contributed by atoms with Gasteiger partial charge in [0.15, 0.2) is 0 Å². The fraction of sp³-hybridized carbons (Fsp3) is 0.478. The number of aryl methyl sites for hydroxylation is 1. The summed E-state index contributed by atoms with van der Waals surface area (Å²) < 4.78 is 1.72. The van der Waals surface area contributed by atoms with Gasteiger partial charge in [0.1, 0.15) is 5.56 Å². The second-order valence-corrected chi connectivity index (χ2v) is 8.59. The number of hydrogen-bond acceptors (Lipinski definition) is 4. The molecule has 0 aliphatic carbocycles. The average molecular weight is 450 g/mol. The first-order valence-corrected chi connectivity index (χ1v) is 11.6. The van der Waals surface area contributed by atoms with Crippen molar-refractivity contribution < 1.29 is 4.79 Å². The number of hydrogen-bond donors (Lipinski definition) is 1. The first-order chi connectivity index (χ1) is 14.0. The lowest BCUT2D eigenvalue weighted by Gasteiger charge is -2.25. The van der Waals surface area contributed by atoms with Crippen molar-refractivity contribution in [3.8, 4) is 0 Å². The molecule has 164 valence electrons. The van der Waals surface area contributed by atoms with Crippen molar-refractivity contribution in [2.24, 2.45) is 5.92 Å². The van der Waals surface area contributed by atoms with Crippen LogP contribution < -0.4 is 10.9 Å². The molecule has 30 heavy (non-hydrogen) atoms. The minimum atomic E-state index is -0.180. The number of carbonyl (C=O) groups is 1. The van der Waals surface area contributed by atoms with E-state index in [1.54, 1.807) is 21.2 Å². The lowest BCUT2D eigenvalue weighted by molar-refractivity contribution is 0.0749. The Labute approximate surface area is 189 Å². The Morgan fingerprint density at radius 1 is 1.27 bits per heavy atom. The van der Waals surface area contributed by atoms with Crippen molar-refractivity contribution >= 4 is 30.1 Å². The molecule has 1 aliphatic heterocycles. The van der Waals surface area contributed by atoms with E-state index in [0.29, 0.717) is 31.1 Å². The normalized spacial score (nSPS) is 16.0. The van der Waals surface area contributed by atoms with Crippen LogP contribution in [0.25, 0.3) is 0 Å². The highest BCUT2D eigenvalue weighted by molar-refractivity contribution is 7.98. The average Bonchev–Trinajstić information content (AvgIpc) is 2.75. The third-order valence-electron chi connectivity index (χ3n) is 5.64. The Hall–Kier alpha value is -1.76. The molecule has 1 aromatic heterocycles. The van der Waals surface area contributed by atoms with E-state index in [0.717, 1.165) is 37.1 Å². The van der Waals surface area contributed by atoms with Crippen LogP contribution in [-0.2, 0) is 13.1 Å². The van der Waals surface area contributed by atoms with E-state index in [9.17, 15) is 9.59 Å². The van der Waals surface area contributed by atoms with Crippen molar-refractivity contribution in [2.45, 2.75) is 44.7 Å². The van der Waals surface area contributed by atoms with Gasteiger partial charge in [-0.3, -0.25) is 9.59 Å². The zero-order chi connectivity index (χ0) is 20.8. The Morgan fingerprint density at radius 3 is 2.60 bits per heavy atom. The Morgan fingerprint density at radius 2 is 2.00 bits per heavy atom. The number of aromatic nitrogens is 1. The molecule has 1 saturated heterocycles. The van der Waals surface area contributed by atoms with Gasteiger partial charge in [0.05, 0.1) is 0 Å². The molecular formula is C23H32ClN3O2S. The topological polar surface area (TPSA) is 54.3 Å². The molecule has 0 radical (unpaired) electrons. The first-order valence-electron chi connectivity index (χ1n) is 10.4. The molecule has 1 N–H and O–H groups in total. The van der Waals surface area contributed by atoms with E-state index >= 15 is 0 Å². The van der Waals surface area contributed by atoms with Crippen LogP contribution in [0, 0.1) is 12.8 Å². The SMILES string of the molecule is CCN(Cc1ccc(SC)cc1)C(=O)c1c(C)ccn(CC2CCCNC2)c1=O.Cl. The van der Waals surface area contributed by atoms with Crippen LogP contribution in [0.15, 0.2) is 46.2 Å². The fourth-order valence-corrected chi connectivity index (χ4v) is 4.27. The summed E-state index contributed by atoms with van der Waals surface area (Å²) in [5, 5.41) is 3.39. The Bertz CT molecular complexity index is 892. The van der Waals surface area contributed by atoms with Gasteiger partial charge in [-0.15, -0.1) is 24.2 Å². The van der Waals surface area contributed by atoms with Crippen LogP contribution in [0.3, 0.4) is 0 Å². The molecule has 1 unspecified atom stereocenters. The van der Waals surface area contributed by atoms with Gasteiger partial charge in [-0.1, -0.05) is 12.1 Å². The van der Waals surface area contributed by atoms with E-state index in [1.165, 1.54) is 4.90 Å². The summed E-state index contributed by atoms with van der Waals surface area (Å²) in [5.41, 5.74) is 1.95. The maximum Gasteiger partial charge on any atom is 0.263 e. The molecule has 0 saturated carbocycles. The van der Waals surface area contributed by atoms with Crippen molar-refractivity contribution in [1.29, 1.82) is 0 Å². The molecule has 1 atom stereocenters. The number of benzene rings is 1. The van der Waals surface area contributed by atoms with Gasteiger partial charge in [0, 0.05) is 30.7 Å². The van der Waals surface area contributed by atoms with Gasteiger partial charge in [-0.2, -0.15) is 0 Å². The summed E-state index contributed by atoms with van der Waals surface area (Å²) in [7, 11) is 0. The van der Waals surface area contributed by atoms with Crippen LogP contribution in [0.5, 0.6) is 0 Å². The lowest BCUT2D eigenvalue weighted by atomic mass is 9.99. The van der Waals surface area contributed by atoms with Crippen LogP contribution in [0.4, 0.5) is 0 Å². The molecule has 1 aromatic carbocycles. The van der Waals surface area contributed by atoms with Gasteiger partial charge >= 0.3 is 0 Å². The number of piperidine rings is 1. The van der Waals surface area contributed by atoms with Crippen LogP contribution in [0.1, 0.15) is 41.3 Å². The third kappa shape index (κ3) is 5.90. The second kappa shape index (κ2) is 11.6. The van der Waals surface area contributed by atoms with E-state index in [2.05, 4.69) is 17.4 Å². The summed E-state index contributed by atoms with van der Waals surface area (Å²) in [6, 6.07) is 10.1. The molecular weight excluding hydrogens is 418 g/mol. The number of nitrogens with one attached hydrogen (secondary N) is 1. The van der Waals surface area contributed by atoms with Gasteiger partial charge in [-0.25, -0.2) is 0 Å². The summed E-state index contributed by atoms with van der Waals surface area (Å²) in [5.74, 6) is 0.254. The maximum atomic E-state index is 13.3. The summed E-state index contributed by atoms with van der Waals surface area (Å²) in [6.45, 7) is 7.51. The van der Waals surface area contributed by atoms with Gasteiger partial charge < -0.3 is 14.8 Å². The van der Waals surface area contributed by atoms with Crippen LogP contribution in [0.2, 0.25) is 0 Å². The van der Waals surface area contributed by atoms with Gasteiger partial charge in [0.2, 0.25) is 0 Å². The number of rotatable bonds is 7. The zero-order valence-corrected chi connectivity index (χ0v) is 19.7. The summed E-state index contributed by atoms with van der Waals surface area (Å²) in [6.07, 6.45) is 6.13. The smallest absolute Gasteiger partial charge is 0.263 e. The molecule has 5 nitrogen and oxygen atoms in total. The predicted octanol–water partition coefficient (Wildman–Crippen LogP) is 3.96. The molecule has 1 amide bonds. The largest absolute Gasteiger partial charge is 0.334 e. The number of carbonyl (C=O) groups excluding carboxylic acids is 1. The lowest BCUT2D eigenvalue weighted by Crippen LogP contribution is -2.39. The van der Waals surface area contributed by atoms with Crippen molar-refractivity contribution in [2.75, 3.05) is 25.9 Å². The van der Waals surface area contributed by atoms with Gasteiger partial charge in [-0.05, 0) is 81.3 Å². The van der Waals surface area contributed by atoms with Gasteiger partial charge in [0.25, 0.3) is 11.5 Å². The number of nitrogens with zero attached hydrogens (tertiary/aromatic N) is 2. The van der Waals surface area contributed by atoms with Crippen LogP contribution >= 0.6 is 24.2 Å². The molecule has 7 heteroatoms. The van der Waals surface area contributed by atoms with Crippen molar-refractivity contribution in [1.82, 2.24) is 14.8 Å². The van der Waals surface area contributed by atoms with Crippen LogP contribution in [-0.4, -0.2) is 41.3 Å². The minimum Gasteiger partial charge on any atom is -0.334 e. The first kappa shape index (κ1) is 24.5. The highest BCUT2D eigenvalue weighted by Gasteiger charge is 2.22. The number of amides is 1. The summed E-state index contributed by atoms with van der Waals surface area (Å²) in [4.78, 5) is 29.4. The third-order valence-corrected chi connectivity index (χ3v) is 6.39. The minimum absolute atomic E-state index is 0. The Kier molecular flexibility index (Phi) is 9.46. The molecule has 2 heterocycles. The molecule has 3 rings (SSSR count). The summed E-state index contributed by atoms with van der Waals surface area (Å²) >= 11 is 1.70. The monoisotopic (exact) mass is 449 g/mol. The molecule has 2 aromatic rings. The standard InChI is InChI=1S/C23H31N3O2S.ClH/c1-4-25(15-18-7-9-20(29-3)10-8-18)22(27)21-17(2)11-13-26(23(21)28)16-19-6-5-12-24-14-19;/h7-11,13,19,24H,4-6,12,14-16H2,1-3H3;1H. The highest BCUT2D eigenvalue weighted by atomic mass is 35.5.